The van der Waals surface area contributed by atoms with Crippen LogP contribution in [0.3, 0.4) is 0 Å². The number of carboxylic acid groups (broad SMARTS) is 1. The Balaban J connectivity index is 3.51. The lowest BCUT2D eigenvalue weighted by molar-refractivity contribution is -0.148. The SMILES string of the molecule is CCCCCCCC/C=C/CCCCCCCC(=O)NCCOCCOC(=O)CC(C(=O)O)S(=O)(=O)O. The summed E-state index contributed by atoms with van der Waals surface area (Å²) in [5.41, 5.74) is 0. The third kappa shape index (κ3) is 22.9. The number of ether oxygens (including phenoxy) is 2. The van der Waals surface area contributed by atoms with Crippen LogP contribution >= 0.6 is 0 Å². The van der Waals surface area contributed by atoms with Crippen molar-refractivity contribution in [1.82, 2.24) is 5.32 Å². The summed E-state index contributed by atoms with van der Waals surface area (Å²) < 4.78 is 40.5. The highest BCUT2D eigenvalue weighted by molar-refractivity contribution is 7.87. The van der Waals surface area contributed by atoms with Crippen molar-refractivity contribution in [2.24, 2.45) is 0 Å². The molecule has 37 heavy (non-hydrogen) atoms. The van der Waals surface area contributed by atoms with E-state index >= 15 is 0 Å². The van der Waals surface area contributed by atoms with Gasteiger partial charge in [0.05, 0.1) is 19.6 Å². The van der Waals surface area contributed by atoms with Crippen molar-refractivity contribution in [1.29, 1.82) is 0 Å². The molecular weight excluding hydrogens is 502 g/mol. The highest BCUT2D eigenvalue weighted by Gasteiger charge is 2.33. The second kappa shape index (κ2) is 23.2. The number of unbranched alkanes of at least 4 members (excludes halogenated alkanes) is 11. The molecule has 0 aromatic heterocycles. The number of esters is 1. The number of amides is 1. The maximum atomic E-state index is 11.8. The quantitative estimate of drug-likeness (QED) is 0.0648. The first-order chi connectivity index (χ1) is 17.7. The summed E-state index contributed by atoms with van der Waals surface area (Å²) >= 11 is 0. The minimum atomic E-state index is -4.91. The molecule has 0 saturated heterocycles. The second-order valence-electron chi connectivity index (χ2n) is 9.06. The van der Waals surface area contributed by atoms with Crippen LogP contribution < -0.4 is 5.32 Å². The van der Waals surface area contributed by atoms with E-state index in [1.165, 1.54) is 57.8 Å². The Labute approximate surface area is 222 Å². The van der Waals surface area contributed by atoms with Crippen LogP contribution in [0.4, 0.5) is 0 Å². The summed E-state index contributed by atoms with van der Waals surface area (Å²) in [6.07, 6.45) is 19.7. The zero-order chi connectivity index (χ0) is 27.8. The molecule has 0 aliphatic carbocycles. The van der Waals surface area contributed by atoms with Crippen molar-refractivity contribution in [3.05, 3.63) is 12.2 Å². The Morgan fingerprint density at radius 1 is 0.838 bits per heavy atom. The molecule has 1 amide bonds. The number of carboxylic acids is 1. The first-order valence-electron chi connectivity index (χ1n) is 13.5. The number of carbonyl (C=O) groups is 3. The van der Waals surface area contributed by atoms with Gasteiger partial charge in [0.25, 0.3) is 10.1 Å². The molecule has 0 aliphatic rings. The van der Waals surface area contributed by atoms with Gasteiger partial charge in [-0.15, -0.1) is 0 Å². The number of hydrogen-bond acceptors (Lipinski definition) is 7. The minimum absolute atomic E-state index is 0.000536. The molecular formula is C26H47NO9S. The third-order valence-corrected chi connectivity index (χ3v) is 6.80. The summed E-state index contributed by atoms with van der Waals surface area (Å²) in [5.74, 6) is -2.97. The summed E-state index contributed by atoms with van der Waals surface area (Å²) in [4.78, 5) is 34.1. The first-order valence-corrected chi connectivity index (χ1v) is 15.0. The van der Waals surface area contributed by atoms with Crippen molar-refractivity contribution in [2.45, 2.75) is 108 Å². The molecule has 3 N–H and O–H groups in total. The van der Waals surface area contributed by atoms with E-state index in [-0.39, 0.29) is 25.7 Å². The fourth-order valence-corrected chi connectivity index (χ4v) is 4.16. The molecule has 216 valence electrons. The maximum Gasteiger partial charge on any atom is 0.325 e. The Bertz CT molecular complexity index is 753. The molecule has 1 atom stereocenters. The van der Waals surface area contributed by atoms with Gasteiger partial charge in [-0.3, -0.25) is 18.9 Å². The number of carbonyl (C=O) groups excluding carboxylic acids is 2. The molecule has 10 nitrogen and oxygen atoms in total. The van der Waals surface area contributed by atoms with E-state index < -0.39 is 33.7 Å². The molecule has 0 aromatic carbocycles. The molecule has 0 spiro atoms. The Morgan fingerprint density at radius 3 is 1.97 bits per heavy atom. The summed E-state index contributed by atoms with van der Waals surface area (Å²) in [7, 11) is -4.91. The molecule has 0 heterocycles. The Morgan fingerprint density at radius 2 is 1.41 bits per heavy atom. The fourth-order valence-electron chi connectivity index (χ4n) is 3.55. The third-order valence-electron chi connectivity index (χ3n) is 5.71. The van der Waals surface area contributed by atoms with Crippen LogP contribution in [0, 0.1) is 0 Å². The van der Waals surface area contributed by atoms with Gasteiger partial charge >= 0.3 is 11.9 Å². The summed E-state index contributed by atoms with van der Waals surface area (Å²) in [6.45, 7) is 2.54. The number of rotatable bonds is 25. The van der Waals surface area contributed by atoms with Crippen LogP contribution in [0.1, 0.15) is 103 Å². The van der Waals surface area contributed by atoms with Crippen LogP contribution in [-0.2, 0) is 34.0 Å². The second-order valence-corrected chi connectivity index (χ2v) is 10.7. The van der Waals surface area contributed by atoms with Crippen LogP contribution in [0.25, 0.3) is 0 Å². The molecule has 0 aromatic rings. The van der Waals surface area contributed by atoms with Crippen molar-refractivity contribution >= 4 is 28.0 Å². The van der Waals surface area contributed by atoms with Gasteiger partial charge in [0, 0.05) is 13.0 Å². The molecule has 0 saturated carbocycles. The zero-order valence-electron chi connectivity index (χ0n) is 22.3. The molecule has 0 aliphatic heterocycles. The molecule has 0 bridgehead atoms. The van der Waals surface area contributed by atoms with E-state index in [1.54, 1.807) is 0 Å². The summed E-state index contributed by atoms with van der Waals surface area (Å²) in [5, 5.41) is 9.21. The van der Waals surface area contributed by atoms with Gasteiger partial charge < -0.3 is 19.9 Å². The number of allylic oxidation sites excluding steroid dienone is 2. The largest absolute Gasteiger partial charge is 0.480 e. The van der Waals surface area contributed by atoms with E-state index in [0.29, 0.717) is 13.0 Å². The molecule has 11 heteroatoms. The van der Waals surface area contributed by atoms with Crippen molar-refractivity contribution in [2.75, 3.05) is 26.4 Å². The molecule has 0 rings (SSSR count). The molecule has 1 unspecified atom stereocenters. The van der Waals surface area contributed by atoms with Gasteiger partial charge in [-0.25, -0.2) is 0 Å². The van der Waals surface area contributed by atoms with Crippen LogP contribution in [0.5, 0.6) is 0 Å². The lowest BCUT2D eigenvalue weighted by atomic mass is 10.1. The molecule has 0 fully saturated rings. The highest BCUT2D eigenvalue weighted by Crippen LogP contribution is 2.10. The van der Waals surface area contributed by atoms with Crippen LogP contribution in [0.15, 0.2) is 12.2 Å². The van der Waals surface area contributed by atoms with E-state index in [1.807, 2.05) is 0 Å². The van der Waals surface area contributed by atoms with Crippen LogP contribution in [-0.4, -0.2) is 67.5 Å². The van der Waals surface area contributed by atoms with E-state index in [0.717, 1.165) is 25.7 Å². The van der Waals surface area contributed by atoms with Crippen molar-refractivity contribution in [3.8, 4) is 0 Å². The molecule has 0 radical (unpaired) electrons. The van der Waals surface area contributed by atoms with Crippen molar-refractivity contribution in [3.63, 3.8) is 0 Å². The van der Waals surface area contributed by atoms with E-state index in [9.17, 15) is 22.8 Å². The van der Waals surface area contributed by atoms with Gasteiger partial charge in [-0.05, 0) is 32.1 Å². The van der Waals surface area contributed by atoms with Gasteiger partial charge in [0.1, 0.15) is 6.61 Å². The Kier molecular flexibility index (Phi) is 21.9. The average Bonchev–Trinajstić information content (AvgIpc) is 2.83. The average molecular weight is 550 g/mol. The normalized spacial score (nSPS) is 12.5. The van der Waals surface area contributed by atoms with Gasteiger partial charge in [0.15, 0.2) is 5.25 Å². The zero-order valence-corrected chi connectivity index (χ0v) is 23.1. The van der Waals surface area contributed by atoms with Crippen LogP contribution in [0.2, 0.25) is 0 Å². The Hall–Kier alpha value is -1.98. The van der Waals surface area contributed by atoms with Gasteiger partial charge in [-0.2, -0.15) is 8.42 Å². The standard InChI is InChI=1S/C26H47NO9S/c1-2-3-4-5-6-7-8-9-10-11-12-13-14-15-16-17-24(28)27-18-19-35-20-21-36-25(29)22-23(26(30)31)37(32,33)34/h9-10,23H,2-8,11-22H2,1H3,(H,27,28)(H,30,31)(H,32,33,34)/b10-9+. The number of aliphatic carboxylic acids is 1. The number of nitrogens with one attached hydrogen (secondary N) is 1. The van der Waals surface area contributed by atoms with E-state index in [4.69, 9.17) is 14.4 Å². The minimum Gasteiger partial charge on any atom is -0.480 e. The smallest absolute Gasteiger partial charge is 0.325 e. The lowest BCUT2D eigenvalue weighted by Crippen LogP contribution is -2.33. The van der Waals surface area contributed by atoms with Gasteiger partial charge in [0.2, 0.25) is 5.91 Å². The highest BCUT2D eigenvalue weighted by atomic mass is 32.2. The first kappa shape index (κ1) is 35.0. The maximum absolute atomic E-state index is 11.8. The van der Waals surface area contributed by atoms with Crippen molar-refractivity contribution < 1.29 is 41.9 Å². The van der Waals surface area contributed by atoms with Gasteiger partial charge in [-0.1, -0.05) is 70.4 Å². The monoisotopic (exact) mass is 549 g/mol. The predicted molar refractivity (Wildman–Crippen MR) is 142 cm³/mol. The predicted octanol–water partition coefficient (Wildman–Crippen LogP) is 4.43. The summed E-state index contributed by atoms with van der Waals surface area (Å²) in [6, 6.07) is 0. The lowest BCUT2D eigenvalue weighted by Gasteiger charge is -2.10. The fraction of sp³-hybridized carbons (Fsp3) is 0.808. The number of hydrogen-bond donors (Lipinski definition) is 3. The van der Waals surface area contributed by atoms with E-state index in [2.05, 4.69) is 29.1 Å². The topological polar surface area (TPSA) is 156 Å².